The summed E-state index contributed by atoms with van der Waals surface area (Å²) in [7, 11) is 12.8. The number of esters is 2. The summed E-state index contributed by atoms with van der Waals surface area (Å²) in [6.07, 6.45) is 10.6. The van der Waals surface area contributed by atoms with Gasteiger partial charge in [-0.1, -0.05) is 123 Å². The Labute approximate surface area is 445 Å². The smallest absolute Gasteiger partial charge is 0.325 e. The van der Waals surface area contributed by atoms with Crippen LogP contribution in [0.5, 0.6) is 0 Å². The number of nitrogens with one attached hydrogen (secondary N) is 1. The molecule has 0 radical (unpaired) electrons. The zero-order valence-corrected chi connectivity index (χ0v) is 45.1. The van der Waals surface area contributed by atoms with Gasteiger partial charge in [0.05, 0.1) is 27.3 Å². The molecule has 0 aromatic heterocycles. The zero-order valence-electron chi connectivity index (χ0n) is 45.1. The van der Waals surface area contributed by atoms with E-state index in [1.807, 2.05) is 98.5 Å². The lowest BCUT2D eigenvalue weighted by Gasteiger charge is -2.30. The number of hydrogen-bond acceptors (Lipinski definition) is 10. The predicted octanol–water partition coefficient (Wildman–Crippen LogP) is 12.3. The summed E-state index contributed by atoms with van der Waals surface area (Å²) in [6, 6.07) is 49.6. The van der Waals surface area contributed by atoms with Crippen molar-refractivity contribution >= 4 is 57.9 Å². The van der Waals surface area contributed by atoms with Crippen LogP contribution in [0.3, 0.4) is 0 Å². The van der Waals surface area contributed by atoms with Gasteiger partial charge in [-0.25, -0.2) is 0 Å². The van der Waals surface area contributed by atoms with Crippen LogP contribution in [-0.4, -0.2) is 86.3 Å². The van der Waals surface area contributed by atoms with Crippen molar-refractivity contribution in [1.82, 2.24) is 0 Å². The maximum Gasteiger partial charge on any atom is 0.325 e. The fourth-order valence-corrected chi connectivity index (χ4v) is 9.89. The molecule has 2 amide bonds. The number of hydrogen-bond donors (Lipinski definition) is 1. The molecule has 12 heteroatoms. The molecule has 0 heterocycles. The van der Waals surface area contributed by atoms with Gasteiger partial charge >= 0.3 is 11.9 Å². The van der Waals surface area contributed by atoms with Crippen molar-refractivity contribution in [3.05, 3.63) is 157 Å². The Morgan fingerprint density at radius 3 is 1.25 bits per heavy atom. The monoisotopic (exact) mass is 1010 g/mol. The summed E-state index contributed by atoms with van der Waals surface area (Å²) < 4.78 is 9.56. The van der Waals surface area contributed by atoms with Crippen molar-refractivity contribution < 1.29 is 28.7 Å². The number of ether oxygens (including phenoxy) is 2. The molecule has 8 rings (SSSR count). The molecule has 0 spiro atoms. The van der Waals surface area contributed by atoms with Gasteiger partial charge in [0.1, 0.15) is 13.1 Å². The lowest BCUT2D eigenvalue weighted by atomic mass is 9.88. The lowest BCUT2D eigenvalue weighted by Crippen LogP contribution is -2.37. The fraction of sp³-hybridized carbons (Fsp3) is 0.365. The quantitative estimate of drug-likeness (QED) is 0.0835. The van der Waals surface area contributed by atoms with Gasteiger partial charge in [-0.05, 0) is 120 Å². The number of benzene rings is 6. The van der Waals surface area contributed by atoms with E-state index in [9.17, 15) is 19.2 Å². The third-order valence-electron chi connectivity index (χ3n) is 14.5. The summed E-state index contributed by atoms with van der Waals surface area (Å²) in [5.41, 5.74) is 12.4. The molecule has 6 aromatic carbocycles. The average molecular weight is 1010 g/mol. The molecule has 0 aliphatic heterocycles. The zero-order chi connectivity index (χ0) is 53.3. The molecular weight excluding hydrogens is 937 g/mol. The SMILES string of the molecule is COC(=O)CN(C)c1cccc(N(Cc2ccc(-c3ccc(N(C)C)cc3)cc2)C(=O)C2CCCCC2)c1.COC(=O)CNc1cccc(N(Cc2ccc(-c3ccc(N(C)C)cc3)cc2)C(=O)C2CCCCC2)c1. The average Bonchev–Trinajstić information content (AvgIpc) is 3.46. The van der Waals surface area contributed by atoms with E-state index in [0.29, 0.717) is 13.1 Å². The Balaban J connectivity index is 0.000000219. The standard InChI is InChI=1S/C32H39N3O3.C31H37N3O3/c1-33(2)28-19-17-26(18-20-28)25-15-13-24(14-16-25)22-35(32(37)27-9-6-5-7-10-27)30-12-8-11-29(21-30)34(3)23-31(36)38-4;1-33(2)28-18-16-25(17-19-28)24-14-12-23(13-15-24)22-34(31(36)26-8-5-4-6-9-26)29-11-7-10-27(20-29)32-21-30(35)37-3/h8,11-21,27H,5-7,9-10,22-23H2,1-4H3;7,10-20,26,32H,4-6,8-9,21-22H2,1-3H3. The molecule has 2 aliphatic carbocycles. The Kier molecular flexibility index (Phi) is 19.9. The molecule has 0 atom stereocenters. The molecule has 0 saturated heterocycles. The Bertz CT molecular complexity index is 2780. The van der Waals surface area contributed by atoms with E-state index < -0.39 is 0 Å². The summed E-state index contributed by atoms with van der Waals surface area (Å²) in [5.74, 6) is -0.180. The minimum absolute atomic E-state index is 0.0506. The van der Waals surface area contributed by atoms with E-state index in [1.165, 1.54) is 44.0 Å². The van der Waals surface area contributed by atoms with Crippen molar-refractivity contribution in [2.45, 2.75) is 77.3 Å². The molecule has 0 bridgehead atoms. The van der Waals surface area contributed by atoms with Crippen LogP contribution in [0.15, 0.2) is 146 Å². The van der Waals surface area contributed by atoms with Crippen molar-refractivity contribution in [1.29, 1.82) is 0 Å². The van der Waals surface area contributed by atoms with Gasteiger partial charge in [-0.15, -0.1) is 0 Å². The van der Waals surface area contributed by atoms with Crippen LogP contribution in [0.4, 0.5) is 34.1 Å². The first-order chi connectivity index (χ1) is 36.3. The first-order valence-electron chi connectivity index (χ1n) is 26.4. The number of rotatable bonds is 18. The Morgan fingerprint density at radius 1 is 0.453 bits per heavy atom. The second-order valence-electron chi connectivity index (χ2n) is 20.2. The minimum Gasteiger partial charge on any atom is -0.468 e. The van der Waals surface area contributed by atoms with Crippen molar-refractivity contribution in [3.63, 3.8) is 0 Å². The van der Waals surface area contributed by atoms with Gasteiger partial charge in [0, 0.05) is 81.2 Å². The van der Waals surface area contributed by atoms with Crippen LogP contribution >= 0.6 is 0 Å². The van der Waals surface area contributed by atoms with E-state index in [0.717, 1.165) is 102 Å². The molecule has 2 fully saturated rings. The lowest BCUT2D eigenvalue weighted by molar-refractivity contribution is -0.139. The van der Waals surface area contributed by atoms with Crippen molar-refractivity contribution in [3.8, 4) is 22.3 Å². The Hall–Kier alpha value is -7.60. The summed E-state index contributed by atoms with van der Waals surface area (Å²) in [4.78, 5) is 60.8. The van der Waals surface area contributed by atoms with E-state index >= 15 is 0 Å². The van der Waals surface area contributed by atoms with Gasteiger partial charge < -0.3 is 39.3 Å². The largest absolute Gasteiger partial charge is 0.468 e. The van der Waals surface area contributed by atoms with Crippen LogP contribution in [0, 0.1) is 11.8 Å². The van der Waals surface area contributed by atoms with E-state index in [4.69, 9.17) is 9.47 Å². The van der Waals surface area contributed by atoms with E-state index in [1.54, 1.807) is 0 Å². The third kappa shape index (κ3) is 15.5. The van der Waals surface area contributed by atoms with Gasteiger partial charge in [-0.2, -0.15) is 0 Å². The molecule has 12 nitrogen and oxygen atoms in total. The summed E-state index contributed by atoms with van der Waals surface area (Å²) >= 11 is 0. The number of likely N-dealkylation sites (N-methyl/N-ethyl adjacent to an activating group) is 1. The van der Waals surface area contributed by atoms with Crippen LogP contribution in [0.1, 0.15) is 75.3 Å². The second-order valence-corrected chi connectivity index (χ2v) is 20.2. The molecule has 2 saturated carbocycles. The summed E-state index contributed by atoms with van der Waals surface area (Å²) in [6.45, 7) is 1.22. The number of nitrogens with zero attached hydrogens (tertiary/aromatic N) is 5. The highest BCUT2D eigenvalue weighted by molar-refractivity contribution is 5.96. The topological polar surface area (TPSA) is 115 Å². The summed E-state index contributed by atoms with van der Waals surface area (Å²) in [5, 5.41) is 3.09. The Morgan fingerprint density at radius 2 is 0.840 bits per heavy atom. The molecule has 394 valence electrons. The van der Waals surface area contributed by atoms with E-state index in [2.05, 4.69) is 112 Å². The van der Waals surface area contributed by atoms with Crippen LogP contribution in [0.25, 0.3) is 22.3 Å². The van der Waals surface area contributed by atoms with Gasteiger partial charge in [-0.3, -0.25) is 19.2 Å². The maximum absolute atomic E-state index is 13.8. The second kappa shape index (κ2) is 27.1. The molecule has 2 aliphatic rings. The molecular formula is C63H76N6O6. The van der Waals surface area contributed by atoms with Gasteiger partial charge in [0.25, 0.3) is 0 Å². The number of carbonyl (C=O) groups is 4. The van der Waals surface area contributed by atoms with Crippen LogP contribution < -0.4 is 29.8 Å². The number of amides is 2. The maximum atomic E-state index is 13.8. The molecule has 0 unspecified atom stereocenters. The minimum atomic E-state index is -0.336. The number of methoxy groups -OCH3 is 2. The predicted molar refractivity (Wildman–Crippen MR) is 307 cm³/mol. The molecule has 75 heavy (non-hydrogen) atoms. The first-order valence-corrected chi connectivity index (χ1v) is 26.4. The van der Waals surface area contributed by atoms with Crippen molar-refractivity contribution in [2.24, 2.45) is 11.8 Å². The first kappa shape index (κ1) is 55.2. The third-order valence-corrected chi connectivity index (χ3v) is 14.5. The van der Waals surface area contributed by atoms with Gasteiger partial charge in [0.2, 0.25) is 11.8 Å². The van der Waals surface area contributed by atoms with Crippen LogP contribution in [-0.2, 0) is 41.7 Å². The number of carbonyl (C=O) groups excluding carboxylic acids is 4. The van der Waals surface area contributed by atoms with Crippen LogP contribution in [0.2, 0.25) is 0 Å². The molecule has 1 N–H and O–H groups in total. The highest BCUT2D eigenvalue weighted by atomic mass is 16.5. The van der Waals surface area contributed by atoms with E-state index in [-0.39, 0.29) is 48.7 Å². The molecule has 6 aromatic rings. The normalized spacial score (nSPS) is 13.6. The highest BCUT2D eigenvalue weighted by Crippen LogP contribution is 2.33. The number of anilines is 6. The van der Waals surface area contributed by atoms with Crippen molar-refractivity contribution in [2.75, 3.05) is 92.4 Å². The fourth-order valence-electron chi connectivity index (χ4n) is 9.89. The van der Waals surface area contributed by atoms with Gasteiger partial charge in [0.15, 0.2) is 0 Å². The highest BCUT2D eigenvalue weighted by Gasteiger charge is 2.29.